The minimum atomic E-state index is -0.366. The van der Waals surface area contributed by atoms with Gasteiger partial charge in [-0.05, 0) is 49.6 Å². The topological polar surface area (TPSA) is 88.9 Å². The van der Waals surface area contributed by atoms with Gasteiger partial charge in [-0.3, -0.25) is 9.59 Å². The molecular weight excluding hydrogens is 470 g/mol. The predicted molar refractivity (Wildman–Crippen MR) is 136 cm³/mol. The molecule has 7 nitrogen and oxygen atoms in total. The summed E-state index contributed by atoms with van der Waals surface area (Å²) in [5.74, 6) is 0.463. The summed E-state index contributed by atoms with van der Waals surface area (Å²) < 4.78 is 1.91. The molecule has 0 bridgehead atoms. The Morgan fingerprint density at radius 2 is 1.76 bits per heavy atom. The fourth-order valence-electron chi connectivity index (χ4n) is 3.62. The molecule has 1 atom stereocenters. The number of hydrogen-bond acceptors (Lipinski definition) is 5. The molecule has 2 amide bonds. The fraction of sp³-hybridized carbons (Fsp3) is 0.200. The summed E-state index contributed by atoms with van der Waals surface area (Å²) in [5, 5.41) is 17.7. The number of nitrogens with one attached hydrogen (secondary N) is 2. The first-order valence-corrected chi connectivity index (χ1v) is 12.2. The summed E-state index contributed by atoms with van der Waals surface area (Å²) in [5.41, 5.74) is 1.29. The zero-order valence-corrected chi connectivity index (χ0v) is 20.4. The van der Waals surface area contributed by atoms with Gasteiger partial charge in [0.1, 0.15) is 0 Å². The lowest BCUT2D eigenvalue weighted by Crippen LogP contribution is -2.28. The van der Waals surface area contributed by atoms with Gasteiger partial charge in [-0.25, -0.2) is 0 Å². The lowest BCUT2D eigenvalue weighted by Gasteiger charge is -2.15. The maximum absolute atomic E-state index is 12.6. The molecular formula is C25H24ClN5O2S. The van der Waals surface area contributed by atoms with Gasteiger partial charge < -0.3 is 15.2 Å². The van der Waals surface area contributed by atoms with E-state index >= 15 is 0 Å². The molecule has 9 heteroatoms. The zero-order chi connectivity index (χ0) is 24.1. The Morgan fingerprint density at radius 1 is 1.03 bits per heavy atom. The minimum Gasteiger partial charge on any atom is -0.342 e. The Balaban J connectivity index is 1.40. The van der Waals surface area contributed by atoms with Crippen molar-refractivity contribution in [1.29, 1.82) is 0 Å². The normalized spacial score (nSPS) is 11.9. The molecule has 1 aromatic heterocycles. The van der Waals surface area contributed by atoms with Crippen LogP contribution in [0.5, 0.6) is 0 Å². The summed E-state index contributed by atoms with van der Waals surface area (Å²) in [7, 11) is 0. The van der Waals surface area contributed by atoms with E-state index in [0.29, 0.717) is 28.1 Å². The van der Waals surface area contributed by atoms with Crippen LogP contribution in [0.15, 0.2) is 71.9 Å². The first kappa shape index (κ1) is 23.8. The van der Waals surface area contributed by atoms with Crippen LogP contribution in [0, 0.1) is 0 Å². The lowest BCUT2D eigenvalue weighted by atomic mass is 10.1. The van der Waals surface area contributed by atoms with Crippen molar-refractivity contribution in [3.63, 3.8) is 0 Å². The van der Waals surface area contributed by atoms with Crippen molar-refractivity contribution < 1.29 is 9.59 Å². The van der Waals surface area contributed by atoms with Crippen LogP contribution in [0.2, 0.25) is 5.02 Å². The van der Waals surface area contributed by atoms with Gasteiger partial charge in [0.2, 0.25) is 5.91 Å². The van der Waals surface area contributed by atoms with E-state index in [1.807, 2.05) is 60.9 Å². The number of rotatable bonds is 8. The number of thioether (sulfide) groups is 1. The lowest BCUT2D eigenvalue weighted by molar-refractivity contribution is -0.113. The number of carbonyl (C=O) groups is 2. The Morgan fingerprint density at radius 3 is 2.53 bits per heavy atom. The highest BCUT2D eigenvalue weighted by Gasteiger charge is 2.20. The van der Waals surface area contributed by atoms with Crippen LogP contribution >= 0.6 is 23.4 Å². The van der Waals surface area contributed by atoms with Gasteiger partial charge in [0.25, 0.3) is 5.91 Å². The number of halogens is 1. The van der Waals surface area contributed by atoms with Crippen LogP contribution in [-0.4, -0.2) is 32.3 Å². The quantitative estimate of drug-likeness (QED) is 0.324. The zero-order valence-electron chi connectivity index (χ0n) is 18.8. The Hall–Kier alpha value is -3.36. The van der Waals surface area contributed by atoms with Gasteiger partial charge in [0, 0.05) is 28.2 Å². The van der Waals surface area contributed by atoms with Crippen molar-refractivity contribution in [1.82, 2.24) is 20.1 Å². The first-order chi connectivity index (χ1) is 16.5. The second kappa shape index (κ2) is 10.7. The average Bonchev–Trinajstić information content (AvgIpc) is 3.26. The SMILES string of the molecule is CCn1c(SCC(=O)Nc2cccc3ccccc23)nnc1[C@H](C)NC(=O)c1ccc(Cl)cc1. The summed E-state index contributed by atoms with van der Waals surface area (Å²) in [6.45, 7) is 4.43. The Labute approximate surface area is 206 Å². The monoisotopic (exact) mass is 493 g/mol. The van der Waals surface area contributed by atoms with E-state index in [-0.39, 0.29) is 23.6 Å². The van der Waals surface area contributed by atoms with Crippen molar-refractivity contribution in [2.45, 2.75) is 31.6 Å². The standard InChI is InChI=1S/C25H24ClN5O2S/c1-3-31-23(16(2)27-24(33)18-11-13-19(26)14-12-18)29-30-25(31)34-15-22(32)28-21-10-6-8-17-7-4-5-9-20(17)21/h4-14,16H,3,15H2,1-2H3,(H,27,33)(H,28,32)/t16-/m0/s1. The summed E-state index contributed by atoms with van der Waals surface area (Å²) >= 11 is 7.21. The fourth-order valence-corrected chi connectivity index (χ4v) is 4.56. The molecule has 1 heterocycles. The molecule has 0 saturated heterocycles. The van der Waals surface area contributed by atoms with Gasteiger partial charge in [-0.15, -0.1) is 10.2 Å². The molecule has 0 saturated carbocycles. The van der Waals surface area contributed by atoms with Crippen molar-refractivity contribution in [3.8, 4) is 0 Å². The number of aromatic nitrogens is 3. The number of anilines is 1. The van der Waals surface area contributed by atoms with Gasteiger partial charge in [0.15, 0.2) is 11.0 Å². The molecule has 34 heavy (non-hydrogen) atoms. The van der Waals surface area contributed by atoms with Gasteiger partial charge in [-0.1, -0.05) is 59.8 Å². The molecule has 0 fully saturated rings. The average molecular weight is 494 g/mol. The van der Waals surface area contributed by atoms with Gasteiger partial charge in [0.05, 0.1) is 11.8 Å². The minimum absolute atomic E-state index is 0.127. The van der Waals surface area contributed by atoms with E-state index < -0.39 is 0 Å². The Kier molecular flexibility index (Phi) is 7.49. The predicted octanol–water partition coefficient (Wildman–Crippen LogP) is 5.33. The number of fused-ring (bicyclic) bond motifs is 1. The van der Waals surface area contributed by atoms with Crippen LogP contribution < -0.4 is 10.6 Å². The third-order valence-electron chi connectivity index (χ3n) is 5.30. The van der Waals surface area contributed by atoms with E-state index in [0.717, 1.165) is 16.5 Å². The number of nitrogens with zero attached hydrogens (tertiary/aromatic N) is 3. The molecule has 3 aromatic carbocycles. The Bertz CT molecular complexity index is 1320. The second-order valence-electron chi connectivity index (χ2n) is 7.65. The highest BCUT2D eigenvalue weighted by atomic mass is 35.5. The number of hydrogen-bond donors (Lipinski definition) is 2. The molecule has 0 aliphatic rings. The number of amides is 2. The van der Waals surface area contributed by atoms with E-state index in [1.54, 1.807) is 24.3 Å². The maximum atomic E-state index is 12.6. The molecule has 174 valence electrons. The van der Waals surface area contributed by atoms with Crippen molar-refractivity contribution in [3.05, 3.63) is 83.1 Å². The molecule has 0 unspecified atom stereocenters. The van der Waals surface area contributed by atoms with Gasteiger partial charge >= 0.3 is 0 Å². The van der Waals surface area contributed by atoms with Crippen LogP contribution in [0.4, 0.5) is 5.69 Å². The molecule has 0 radical (unpaired) electrons. The van der Waals surface area contributed by atoms with E-state index in [2.05, 4.69) is 20.8 Å². The van der Waals surface area contributed by atoms with Crippen molar-refractivity contribution in [2.24, 2.45) is 0 Å². The summed E-state index contributed by atoms with van der Waals surface area (Å²) in [6.07, 6.45) is 0. The third kappa shape index (κ3) is 5.40. The van der Waals surface area contributed by atoms with Crippen LogP contribution in [-0.2, 0) is 11.3 Å². The maximum Gasteiger partial charge on any atom is 0.251 e. The number of carbonyl (C=O) groups excluding carboxylic acids is 2. The first-order valence-electron chi connectivity index (χ1n) is 10.9. The van der Waals surface area contributed by atoms with Crippen molar-refractivity contribution >= 4 is 51.6 Å². The summed E-state index contributed by atoms with van der Waals surface area (Å²) in [4.78, 5) is 25.2. The van der Waals surface area contributed by atoms with Crippen LogP contribution in [0.3, 0.4) is 0 Å². The molecule has 0 spiro atoms. The highest BCUT2D eigenvalue weighted by molar-refractivity contribution is 7.99. The summed E-state index contributed by atoms with van der Waals surface area (Å²) in [6, 6.07) is 20.1. The highest BCUT2D eigenvalue weighted by Crippen LogP contribution is 2.25. The molecule has 0 aliphatic carbocycles. The smallest absolute Gasteiger partial charge is 0.251 e. The molecule has 4 rings (SSSR count). The van der Waals surface area contributed by atoms with Gasteiger partial charge in [-0.2, -0.15) is 0 Å². The third-order valence-corrected chi connectivity index (χ3v) is 6.52. The van der Waals surface area contributed by atoms with E-state index in [9.17, 15) is 9.59 Å². The van der Waals surface area contributed by atoms with E-state index in [4.69, 9.17) is 11.6 Å². The van der Waals surface area contributed by atoms with Crippen molar-refractivity contribution in [2.75, 3.05) is 11.1 Å². The van der Waals surface area contributed by atoms with E-state index in [1.165, 1.54) is 11.8 Å². The molecule has 4 aromatic rings. The number of benzene rings is 3. The second-order valence-corrected chi connectivity index (χ2v) is 9.03. The van der Waals surface area contributed by atoms with Crippen LogP contribution in [0.25, 0.3) is 10.8 Å². The largest absolute Gasteiger partial charge is 0.342 e. The molecule has 0 aliphatic heterocycles. The van der Waals surface area contributed by atoms with Crippen LogP contribution in [0.1, 0.15) is 36.1 Å². The molecule has 2 N–H and O–H groups in total.